The predicted octanol–water partition coefficient (Wildman–Crippen LogP) is 3.23. The molecule has 0 radical (unpaired) electrons. The van der Waals surface area contributed by atoms with E-state index in [1.165, 1.54) is 17.7 Å². The highest BCUT2D eigenvalue weighted by molar-refractivity contribution is 5.82. The third kappa shape index (κ3) is 2.92. The van der Waals surface area contributed by atoms with Crippen molar-refractivity contribution in [3.05, 3.63) is 29.8 Å². The summed E-state index contributed by atoms with van der Waals surface area (Å²) in [6.07, 6.45) is 5.82. The van der Waals surface area contributed by atoms with Gasteiger partial charge in [0.15, 0.2) is 0 Å². The summed E-state index contributed by atoms with van der Waals surface area (Å²) >= 11 is 0. The van der Waals surface area contributed by atoms with Crippen LogP contribution in [0.25, 0.3) is 0 Å². The van der Waals surface area contributed by atoms with Crippen LogP contribution in [-0.2, 0) is 11.2 Å². The molecule has 2 heterocycles. The van der Waals surface area contributed by atoms with Crippen LogP contribution in [-0.4, -0.2) is 36.0 Å². The van der Waals surface area contributed by atoms with Crippen molar-refractivity contribution >= 4 is 11.6 Å². The first-order valence-corrected chi connectivity index (χ1v) is 8.31. The molecule has 3 nitrogen and oxygen atoms in total. The van der Waals surface area contributed by atoms with E-state index in [-0.39, 0.29) is 0 Å². The highest BCUT2D eigenvalue weighted by Crippen LogP contribution is 2.28. The molecule has 0 saturated carbocycles. The number of aryl methyl sites for hydroxylation is 1. The number of hydrogen-bond acceptors (Lipinski definition) is 2. The number of fused-ring (bicyclic) bond motifs is 1. The zero-order valence-electron chi connectivity index (χ0n) is 13.2. The Morgan fingerprint density at radius 2 is 1.86 bits per heavy atom. The molecule has 0 aliphatic carbocycles. The van der Waals surface area contributed by atoms with Gasteiger partial charge in [0.2, 0.25) is 5.91 Å². The Morgan fingerprint density at radius 3 is 2.62 bits per heavy atom. The zero-order chi connectivity index (χ0) is 14.8. The second-order valence-electron chi connectivity index (χ2n) is 6.58. The molecule has 2 aliphatic heterocycles. The molecule has 3 rings (SSSR count). The summed E-state index contributed by atoms with van der Waals surface area (Å²) in [5, 5.41) is 0. The Kier molecular flexibility index (Phi) is 4.18. The molecule has 3 heteroatoms. The molecular formula is C18H26N2O. The van der Waals surface area contributed by atoms with Gasteiger partial charge in [0.1, 0.15) is 0 Å². The van der Waals surface area contributed by atoms with Crippen LogP contribution in [0.4, 0.5) is 5.69 Å². The second kappa shape index (κ2) is 6.08. The Hall–Kier alpha value is -1.51. The molecule has 0 N–H and O–H groups in total. The lowest BCUT2D eigenvalue weighted by molar-refractivity contribution is -0.135. The van der Waals surface area contributed by atoms with Crippen molar-refractivity contribution < 1.29 is 4.79 Å². The Morgan fingerprint density at radius 1 is 1.14 bits per heavy atom. The maximum Gasteiger partial charge on any atom is 0.242 e. The molecule has 114 valence electrons. The van der Waals surface area contributed by atoms with Crippen LogP contribution < -0.4 is 4.90 Å². The fraction of sp³-hybridized carbons (Fsp3) is 0.611. The van der Waals surface area contributed by atoms with Crippen molar-refractivity contribution in [2.75, 3.05) is 18.0 Å². The number of para-hydroxylation sites is 1. The van der Waals surface area contributed by atoms with E-state index in [0.29, 0.717) is 24.5 Å². The first-order chi connectivity index (χ1) is 10.2. The van der Waals surface area contributed by atoms with Gasteiger partial charge in [0.25, 0.3) is 0 Å². The van der Waals surface area contributed by atoms with E-state index in [4.69, 9.17) is 0 Å². The van der Waals surface area contributed by atoms with Gasteiger partial charge in [-0.25, -0.2) is 0 Å². The SMILES string of the molecule is CC1CCCC(C)N1C(=O)CN1CCCc2ccccc21. The van der Waals surface area contributed by atoms with Crippen LogP contribution >= 0.6 is 0 Å². The van der Waals surface area contributed by atoms with Crippen LogP contribution in [0.5, 0.6) is 0 Å². The van der Waals surface area contributed by atoms with Gasteiger partial charge in [-0.1, -0.05) is 18.2 Å². The maximum atomic E-state index is 12.8. The standard InChI is InChI=1S/C18H26N2O/c1-14-7-5-8-15(2)20(14)18(21)13-19-12-6-10-16-9-3-4-11-17(16)19/h3-4,9,11,14-15H,5-8,10,12-13H2,1-2H3. The normalized spacial score (nSPS) is 25.6. The number of hydrogen-bond donors (Lipinski definition) is 0. The smallest absolute Gasteiger partial charge is 0.242 e. The van der Waals surface area contributed by atoms with E-state index in [0.717, 1.165) is 32.2 Å². The first kappa shape index (κ1) is 14.4. The molecule has 1 amide bonds. The quantitative estimate of drug-likeness (QED) is 0.833. The maximum absolute atomic E-state index is 12.8. The van der Waals surface area contributed by atoms with Crippen LogP contribution in [0.15, 0.2) is 24.3 Å². The molecule has 2 aliphatic rings. The average Bonchev–Trinajstić information content (AvgIpc) is 2.47. The summed E-state index contributed by atoms with van der Waals surface area (Å²) in [7, 11) is 0. The minimum absolute atomic E-state index is 0.298. The number of carbonyl (C=O) groups is 1. The summed E-state index contributed by atoms with van der Waals surface area (Å²) in [6, 6.07) is 9.30. The summed E-state index contributed by atoms with van der Waals surface area (Å²) in [6.45, 7) is 5.92. The van der Waals surface area contributed by atoms with Gasteiger partial charge in [0, 0.05) is 24.3 Å². The average molecular weight is 286 g/mol. The first-order valence-electron chi connectivity index (χ1n) is 8.31. The lowest BCUT2D eigenvalue weighted by Gasteiger charge is -2.41. The Balaban J connectivity index is 1.73. The van der Waals surface area contributed by atoms with Crippen molar-refractivity contribution in [2.45, 2.75) is 58.0 Å². The van der Waals surface area contributed by atoms with Crippen LogP contribution in [0.3, 0.4) is 0 Å². The third-order valence-electron chi connectivity index (χ3n) is 5.01. The van der Waals surface area contributed by atoms with Crippen molar-refractivity contribution in [1.29, 1.82) is 0 Å². The minimum atomic E-state index is 0.298. The largest absolute Gasteiger partial charge is 0.362 e. The fourth-order valence-corrected chi connectivity index (χ4v) is 3.93. The number of anilines is 1. The molecular weight excluding hydrogens is 260 g/mol. The molecule has 2 atom stereocenters. The van der Waals surface area contributed by atoms with E-state index in [1.54, 1.807) is 0 Å². The zero-order valence-corrected chi connectivity index (χ0v) is 13.2. The molecule has 0 aromatic heterocycles. The topological polar surface area (TPSA) is 23.6 Å². The molecule has 1 aromatic rings. The van der Waals surface area contributed by atoms with Gasteiger partial charge in [-0.2, -0.15) is 0 Å². The molecule has 0 bridgehead atoms. The Bertz CT molecular complexity index is 504. The summed E-state index contributed by atoms with van der Waals surface area (Å²) in [5.41, 5.74) is 2.64. The number of carbonyl (C=O) groups excluding carboxylic acids is 1. The van der Waals surface area contributed by atoms with Gasteiger partial charge >= 0.3 is 0 Å². The van der Waals surface area contributed by atoms with Crippen LogP contribution in [0.1, 0.15) is 45.1 Å². The molecule has 1 saturated heterocycles. The number of benzene rings is 1. The highest BCUT2D eigenvalue weighted by Gasteiger charge is 2.30. The van der Waals surface area contributed by atoms with Gasteiger partial charge in [0.05, 0.1) is 6.54 Å². The summed E-state index contributed by atoms with van der Waals surface area (Å²) in [4.78, 5) is 17.2. The number of rotatable bonds is 2. The van der Waals surface area contributed by atoms with E-state index in [9.17, 15) is 4.79 Å². The third-order valence-corrected chi connectivity index (χ3v) is 5.01. The van der Waals surface area contributed by atoms with Gasteiger partial charge < -0.3 is 9.80 Å². The minimum Gasteiger partial charge on any atom is -0.362 e. The van der Waals surface area contributed by atoms with Crippen LogP contribution in [0.2, 0.25) is 0 Å². The van der Waals surface area contributed by atoms with Crippen molar-refractivity contribution in [3.8, 4) is 0 Å². The van der Waals surface area contributed by atoms with Crippen molar-refractivity contribution in [3.63, 3.8) is 0 Å². The molecule has 21 heavy (non-hydrogen) atoms. The second-order valence-corrected chi connectivity index (χ2v) is 6.58. The van der Waals surface area contributed by atoms with Gasteiger partial charge in [-0.3, -0.25) is 4.79 Å². The van der Waals surface area contributed by atoms with Crippen LogP contribution in [0, 0.1) is 0 Å². The van der Waals surface area contributed by atoms with E-state index >= 15 is 0 Å². The Labute approximate surface area is 127 Å². The van der Waals surface area contributed by atoms with E-state index in [2.05, 4.69) is 47.9 Å². The van der Waals surface area contributed by atoms with Gasteiger partial charge in [-0.15, -0.1) is 0 Å². The number of likely N-dealkylation sites (tertiary alicyclic amines) is 1. The van der Waals surface area contributed by atoms with Crippen molar-refractivity contribution in [2.24, 2.45) is 0 Å². The molecule has 1 aromatic carbocycles. The summed E-state index contributed by atoms with van der Waals surface area (Å²) in [5.74, 6) is 0.298. The monoisotopic (exact) mass is 286 g/mol. The fourth-order valence-electron chi connectivity index (χ4n) is 3.93. The highest BCUT2D eigenvalue weighted by atomic mass is 16.2. The molecule has 1 fully saturated rings. The lowest BCUT2D eigenvalue weighted by Crippen LogP contribution is -2.51. The number of amides is 1. The lowest BCUT2D eigenvalue weighted by atomic mass is 9.97. The number of nitrogens with zero attached hydrogens (tertiary/aromatic N) is 2. The number of piperidine rings is 1. The molecule has 2 unspecified atom stereocenters. The predicted molar refractivity (Wildman–Crippen MR) is 86.6 cm³/mol. The van der Waals surface area contributed by atoms with Crippen molar-refractivity contribution in [1.82, 2.24) is 4.90 Å². The van der Waals surface area contributed by atoms with Gasteiger partial charge in [-0.05, 0) is 57.6 Å². The molecule has 0 spiro atoms. The summed E-state index contributed by atoms with van der Waals surface area (Å²) < 4.78 is 0. The van der Waals surface area contributed by atoms with E-state index < -0.39 is 0 Å². The van der Waals surface area contributed by atoms with E-state index in [1.807, 2.05) is 0 Å².